The van der Waals surface area contributed by atoms with E-state index in [-0.39, 0.29) is 0 Å². The summed E-state index contributed by atoms with van der Waals surface area (Å²) in [6.45, 7) is 2.19. The van der Waals surface area contributed by atoms with Crippen molar-refractivity contribution < 1.29 is 0 Å². The molecule has 0 radical (unpaired) electrons. The van der Waals surface area contributed by atoms with Crippen LogP contribution in [-0.4, -0.2) is 0 Å². The molecule has 2 aromatic carbocycles. The van der Waals surface area contributed by atoms with Crippen molar-refractivity contribution in [1.29, 1.82) is 0 Å². The topological polar surface area (TPSA) is 26.0 Å². The number of aryl methyl sites for hydroxylation is 2. The summed E-state index contributed by atoms with van der Waals surface area (Å²) < 4.78 is 0. The first kappa shape index (κ1) is 12.0. The molecule has 0 unspecified atom stereocenters. The number of anilines is 1. The minimum absolute atomic E-state index is 0.868. The van der Waals surface area contributed by atoms with E-state index in [1.54, 1.807) is 0 Å². The number of nitrogen functional groups attached to an aromatic ring is 1. The van der Waals surface area contributed by atoms with Crippen LogP contribution in [0.2, 0.25) is 0 Å². The summed E-state index contributed by atoms with van der Waals surface area (Å²) in [7, 11) is 0. The van der Waals surface area contributed by atoms with Gasteiger partial charge < -0.3 is 5.73 Å². The van der Waals surface area contributed by atoms with Gasteiger partial charge in [0.2, 0.25) is 0 Å². The summed E-state index contributed by atoms with van der Waals surface area (Å²) >= 11 is 0. The molecule has 0 bridgehead atoms. The van der Waals surface area contributed by atoms with Crippen LogP contribution in [0.15, 0.2) is 42.5 Å². The first-order chi connectivity index (χ1) is 9.26. The van der Waals surface area contributed by atoms with Crippen LogP contribution in [0.1, 0.15) is 35.6 Å². The number of rotatable bonds is 2. The maximum atomic E-state index is 5.84. The van der Waals surface area contributed by atoms with Crippen LogP contribution in [0.5, 0.6) is 0 Å². The molecule has 1 aliphatic rings. The van der Waals surface area contributed by atoms with Crippen molar-refractivity contribution in [2.45, 2.75) is 26.2 Å². The van der Waals surface area contributed by atoms with Gasteiger partial charge in [-0.05, 0) is 59.2 Å². The minimum Gasteiger partial charge on any atom is -0.399 e. The van der Waals surface area contributed by atoms with Crippen LogP contribution in [-0.2, 0) is 12.8 Å². The highest BCUT2D eigenvalue weighted by Crippen LogP contribution is 2.34. The summed E-state index contributed by atoms with van der Waals surface area (Å²) in [5, 5.41) is 0. The molecular formula is C18H19N. The predicted octanol–water partition coefficient (Wildman–Crippen LogP) is 4.32. The second-order valence-electron chi connectivity index (χ2n) is 5.18. The lowest BCUT2D eigenvalue weighted by Gasteiger charge is -2.03. The van der Waals surface area contributed by atoms with Crippen molar-refractivity contribution in [3.05, 3.63) is 64.7 Å². The monoisotopic (exact) mass is 249 g/mol. The Kier molecular flexibility index (Phi) is 3.12. The van der Waals surface area contributed by atoms with E-state index < -0.39 is 0 Å². The highest BCUT2D eigenvalue weighted by atomic mass is 14.5. The fraction of sp³-hybridized carbons (Fsp3) is 0.222. The Morgan fingerprint density at radius 2 is 1.84 bits per heavy atom. The number of fused-ring (bicyclic) bond motifs is 1. The van der Waals surface area contributed by atoms with Crippen molar-refractivity contribution in [3.63, 3.8) is 0 Å². The van der Waals surface area contributed by atoms with E-state index in [1.807, 2.05) is 6.07 Å². The first-order valence-electron chi connectivity index (χ1n) is 6.94. The van der Waals surface area contributed by atoms with Gasteiger partial charge in [-0.3, -0.25) is 0 Å². The molecule has 0 saturated heterocycles. The van der Waals surface area contributed by atoms with Crippen molar-refractivity contribution >= 4 is 17.3 Å². The van der Waals surface area contributed by atoms with E-state index in [0.29, 0.717) is 0 Å². The Balaban J connectivity index is 1.93. The van der Waals surface area contributed by atoms with E-state index >= 15 is 0 Å². The quantitative estimate of drug-likeness (QED) is 0.788. The SMILES string of the molecule is CCc1ccc(C=C2CCc3cc(N)ccc32)cc1. The number of hydrogen-bond donors (Lipinski definition) is 1. The maximum Gasteiger partial charge on any atom is 0.0317 e. The summed E-state index contributed by atoms with van der Waals surface area (Å²) in [6, 6.07) is 15.1. The van der Waals surface area contributed by atoms with Crippen LogP contribution < -0.4 is 5.73 Å². The van der Waals surface area contributed by atoms with Gasteiger partial charge in [0.15, 0.2) is 0 Å². The lowest BCUT2D eigenvalue weighted by atomic mass is 10.0. The molecule has 3 rings (SSSR count). The van der Waals surface area contributed by atoms with Gasteiger partial charge in [-0.1, -0.05) is 43.3 Å². The maximum absolute atomic E-state index is 5.84. The minimum atomic E-state index is 0.868. The zero-order valence-corrected chi connectivity index (χ0v) is 11.3. The zero-order chi connectivity index (χ0) is 13.2. The number of allylic oxidation sites excluding steroid dienone is 1. The Bertz CT molecular complexity index is 621. The summed E-state index contributed by atoms with van der Waals surface area (Å²) in [5.41, 5.74) is 13.6. The van der Waals surface area contributed by atoms with Gasteiger partial charge in [0.05, 0.1) is 0 Å². The van der Waals surface area contributed by atoms with Crippen molar-refractivity contribution in [1.82, 2.24) is 0 Å². The van der Waals surface area contributed by atoms with Gasteiger partial charge in [-0.15, -0.1) is 0 Å². The average Bonchev–Trinajstić information content (AvgIpc) is 2.82. The van der Waals surface area contributed by atoms with E-state index in [0.717, 1.165) is 24.9 Å². The molecule has 1 aliphatic carbocycles. The van der Waals surface area contributed by atoms with Crippen molar-refractivity contribution in [2.75, 3.05) is 5.73 Å². The van der Waals surface area contributed by atoms with Crippen LogP contribution >= 0.6 is 0 Å². The highest BCUT2D eigenvalue weighted by molar-refractivity contribution is 5.86. The zero-order valence-electron chi connectivity index (χ0n) is 11.3. The molecule has 96 valence electrons. The van der Waals surface area contributed by atoms with Crippen LogP contribution in [0.4, 0.5) is 5.69 Å². The third-order valence-electron chi connectivity index (χ3n) is 3.87. The molecule has 0 saturated carbocycles. The Labute approximate surface area is 114 Å². The van der Waals surface area contributed by atoms with Crippen LogP contribution in [0.25, 0.3) is 11.6 Å². The summed E-state index contributed by atoms with van der Waals surface area (Å²) in [5.74, 6) is 0. The van der Waals surface area contributed by atoms with E-state index in [2.05, 4.69) is 49.4 Å². The van der Waals surface area contributed by atoms with Crippen LogP contribution in [0.3, 0.4) is 0 Å². The molecule has 19 heavy (non-hydrogen) atoms. The fourth-order valence-corrected chi connectivity index (χ4v) is 2.74. The smallest absolute Gasteiger partial charge is 0.0317 e. The standard InChI is InChI=1S/C18H19N/c1-2-13-3-5-14(6-4-13)11-15-7-8-16-12-17(19)9-10-18(15)16/h3-6,9-12H,2,7-8,19H2,1H3. The van der Waals surface area contributed by atoms with Gasteiger partial charge in [0.1, 0.15) is 0 Å². The fourth-order valence-electron chi connectivity index (χ4n) is 2.74. The highest BCUT2D eigenvalue weighted by Gasteiger charge is 2.15. The molecule has 0 spiro atoms. The van der Waals surface area contributed by atoms with Crippen LogP contribution in [0, 0.1) is 0 Å². The Morgan fingerprint density at radius 1 is 1.05 bits per heavy atom. The molecular weight excluding hydrogens is 230 g/mol. The number of benzene rings is 2. The third kappa shape index (κ3) is 2.41. The van der Waals surface area contributed by atoms with Gasteiger partial charge in [0.25, 0.3) is 0 Å². The van der Waals surface area contributed by atoms with Gasteiger partial charge in [0, 0.05) is 5.69 Å². The molecule has 2 N–H and O–H groups in total. The molecule has 0 amide bonds. The largest absolute Gasteiger partial charge is 0.399 e. The first-order valence-corrected chi connectivity index (χ1v) is 6.94. The van der Waals surface area contributed by atoms with Gasteiger partial charge >= 0.3 is 0 Å². The van der Waals surface area contributed by atoms with Crippen molar-refractivity contribution in [3.8, 4) is 0 Å². The van der Waals surface area contributed by atoms with E-state index in [1.165, 1.54) is 27.8 Å². The third-order valence-corrected chi connectivity index (χ3v) is 3.87. The molecule has 0 atom stereocenters. The second kappa shape index (κ2) is 4.93. The molecule has 0 fully saturated rings. The molecule has 1 nitrogen and oxygen atoms in total. The molecule has 1 heteroatoms. The number of nitrogens with two attached hydrogens (primary N) is 1. The van der Waals surface area contributed by atoms with Crippen molar-refractivity contribution in [2.24, 2.45) is 0 Å². The second-order valence-corrected chi connectivity index (χ2v) is 5.18. The van der Waals surface area contributed by atoms with E-state index in [9.17, 15) is 0 Å². The molecule has 2 aromatic rings. The molecule has 0 aromatic heterocycles. The summed E-state index contributed by atoms with van der Waals surface area (Å²) in [6.07, 6.45) is 5.63. The molecule has 0 heterocycles. The summed E-state index contributed by atoms with van der Waals surface area (Å²) in [4.78, 5) is 0. The predicted molar refractivity (Wildman–Crippen MR) is 82.9 cm³/mol. The number of hydrogen-bond acceptors (Lipinski definition) is 1. The normalized spacial score (nSPS) is 15.7. The average molecular weight is 249 g/mol. The van der Waals surface area contributed by atoms with Gasteiger partial charge in [-0.25, -0.2) is 0 Å². The lowest BCUT2D eigenvalue weighted by Crippen LogP contribution is -1.87. The Morgan fingerprint density at radius 3 is 2.58 bits per heavy atom. The van der Waals surface area contributed by atoms with Gasteiger partial charge in [-0.2, -0.15) is 0 Å². The van der Waals surface area contributed by atoms with E-state index in [4.69, 9.17) is 5.73 Å². The lowest BCUT2D eigenvalue weighted by molar-refractivity contribution is 1.08. The molecule has 0 aliphatic heterocycles. The Hall–Kier alpha value is -2.02.